The fourth-order valence-corrected chi connectivity index (χ4v) is 5.31. The Morgan fingerprint density at radius 2 is 1.15 bits per heavy atom. The molecule has 1 aliphatic heterocycles. The standard InChI is InChI=1S/C36H58BN6O12/c1-20(2)52-27(45)25-26(28(46)53-21(3)4)55-37(51-13,54-25)23-17-15-14-16-22(23)18-40-33(5,6)30(48)41-35(9,10)32(50)43-36(11,12)31(49)42-34(7,8)29(47)39-19-24(38)44/h14-17,20-21,25-26,40H,18-19H2,1-13H3,(H2,38,44)(H,39,47)(H,41,48)(H,42,49)(H,43,50)/q-1/p+1/t25-,26-/m0/s1. The average molecular weight is 779 g/mol. The highest BCUT2D eigenvalue weighted by atomic mass is 16.8. The number of quaternary nitrogens is 1. The zero-order chi connectivity index (χ0) is 42.3. The highest BCUT2D eigenvalue weighted by Gasteiger charge is 2.53. The van der Waals surface area contributed by atoms with Gasteiger partial charge in [-0.15, -0.1) is 5.46 Å². The quantitative estimate of drug-likeness (QED) is 0.0720. The minimum Gasteiger partial charge on any atom is -0.543 e. The number of benzene rings is 1. The summed E-state index contributed by atoms with van der Waals surface area (Å²) in [7, 11) is 1.32. The van der Waals surface area contributed by atoms with Crippen molar-refractivity contribution < 1.29 is 62.3 Å². The number of esters is 2. The molecule has 0 saturated carbocycles. The van der Waals surface area contributed by atoms with Gasteiger partial charge in [-0.3, -0.25) is 24.0 Å². The lowest BCUT2D eigenvalue weighted by molar-refractivity contribution is -0.720. The molecule has 0 unspecified atom stereocenters. The molecule has 19 heteroatoms. The van der Waals surface area contributed by atoms with Crippen LogP contribution >= 0.6 is 0 Å². The van der Waals surface area contributed by atoms with Gasteiger partial charge in [0.15, 0.2) is 5.54 Å². The molecule has 308 valence electrons. The van der Waals surface area contributed by atoms with Crippen molar-refractivity contribution in [2.75, 3.05) is 13.7 Å². The average Bonchev–Trinajstić information content (AvgIpc) is 3.47. The summed E-state index contributed by atoms with van der Waals surface area (Å²) in [5.74, 6) is -4.98. The lowest BCUT2D eigenvalue weighted by atomic mass is 9.67. The van der Waals surface area contributed by atoms with Crippen LogP contribution in [-0.2, 0) is 63.5 Å². The van der Waals surface area contributed by atoms with Gasteiger partial charge in [-0.05, 0) is 95.8 Å². The van der Waals surface area contributed by atoms with Crippen molar-refractivity contribution in [3.05, 3.63) is 29.8 Å². The zero-order valence-electron chi connectivity index (χ0n) is 34.2. The van der Waals surface area contributed by atoms with E-state index in [2.05, 4.69) is 21.3 Å². The summed E-state index contributed by atoms with van der Waals surface area (Å²) in [4.78, 5) is 90.1. The van der Waals surface area contributed by atoms with Crippen molar-refractivity contribution in [1.82, 2.24) is 21.3 Å². The van der Waals surface area contributed by atoms with Crippen LogP contribution in [-0.4, -0.2) is 108 Å². The van der Waals surface area contributed by atoms with E-state index in [4.69, 9.17) is 29.2 Å². The number of rotatable bonds is 18. The van der Waals surface area contributed by atoms with Crippen LogP contribution in [0.5, 0.6) is 0 Å². The summed E-state index contributed by atoms with van der Waals surface area (Å²) in [6, 6.07) is 6.88. The molecule has 1 fully saturated rings. The number of primary amides is 1. The summed E-state index contributed by atoms with van der Waals surface area (Å²) in [5.41, 5.74) is 0.364. The fourth-order valence-electron chi connectivity index (χ4n) is 5.31. The van der Waals surface area contributed by atoms with Crippen LogP contribution in [0.1, 0.15) is 88.6 Å². The first-order valence-electron chi connectivity index (χ1n) is 18.0. The Hall–Kier alpha value is -4.59. The Kier molecular flexibility index (Phi) is 15.2. The number of nitrogens with two attached hydrogens (primary N) is 2. The first-order chi connectivity index (χ1) is 25.1. The van der Waals surface area contributed by atoms with E-state index >= 15 is 0 Å². The van der Waals surface area contributed by atoms with Gasteiger partial charge in [0.1, 0.15) is 28.8 Å². The highest BCUT2D eigenvalue weighted by Crippen LogP contribution is 2.29. The number of amides is 5. The normalized spacial score (nSPS) is 17.3. The first-order valence-corrected chi connectivity index (χ1v) is 18.0. The van der Waals surface area contributed by atoms with Crippen LogP contribution in [0.3, 0.4) is 0 Å². The molecule has 0 aliphatic carbocycles. The van der Waals surface area contributed by atoms with Gasteiger partial charge in [-0.1, -0.05) is 24.3 Å². The molecular weight excluding hydrogens is 719 g/mol. The van der Waals surface area contributed by atoms with Crippen LogP contribution in [0.15, 0.2) is 24.3 Å². The van der Waals surface area contributed by atoms with E-state index in [1.54, 1.807) is 71.1 Å². The molecule has 0 radical (unpaired) electrons. The third kappa shape index (κ3) is 12.2. The predicted molar refractivity (Wildman–Crippen MR) is 200 cm³/mol. The Bertz CT molecular complexity index is 1600. The van der Waals surface area contributed by atoms with Crippen molar-refractivity contribution in [1.29, 1.82) is 0 Å². The monoisotopic (exact) mass is 778 g/mol. The number of hydrogen-bond acceptors (Lipinski definition) is 12. The topological polar surface area (TPSA) is 256 Å². The molecule has 2 rings (SSSR count). The van der Waals surface area contributed by atoms with Gasteiger partial charge in [0.05, 0.1) is 25.3 Å². The molecule has 8 N–H and O–H groups in total. The van der Waals surface area contributed by atoms with E-state index in [-0.39, 0.29) is 6.54 Å². The molecule has 5 amide bonds. The number of hydrogen-bond donors (Lipinski definition) is 6. The van der Waals surface area contributed by atoms with Gasteiger partial charge in [0, 0.05) is 0 Å². The number of carbonyl (C=O) groups is 7. The summed E-state index contributed by atoms with van der Waals surface area (Å²) in [5, 5.41) is 12.0. The number of carbonyl (C=O) groups excluding carboxylic acids is 7. The van der Waals surface area contributed by atoms with Gasteiger partial charge in [-0.2, -0.15) is 0 Å². The molecule has 2 atom stereocenters. The van der Waals surface area contributed by atoms with Crippen LogP contribution in [0.25, 0.3) is 0 Å². The van der Waals surface area contributed by atoms with Gasteiger partial charge in [0.2, 0.25) is 23.6 Å². The summed E-state index contributed by atoms with van der Waals surface area (Å²) < 4.78 is 28.8. The van der Waals surface area contributed by atoms with Crippen LogP contribution in [0.4, 0.5) is 0 Å². The molecule has 18 nitrogen and oxygen atoms in total. The van der Waals surface area contributed by atoms with Gasteiger partial charge in [-0.25, -0.2) is 9.59 Å². The molecule has 1 heterocycles. The second-order valence-corrected chi connectivity index (χ2v) is 16.2. The molecule has 1 aromatic rings. The second-order valence-electron chi connectivity index (χ2n) is 16.2. The molecule has 0 spiro atoms. The van der Waals surface area contributed by atoms with Gasteiger partial charge >= 0.3 is 18.7 Å². The molecule has 0 bridgehead atoms. The lowest BCUT2D eigenvalue weighted by Gasteiger charge is -2.37. The molecule has 55 heavy (non-hydrogen) atoms. The third-order valence-corrected chi connectivity index (χ3v) is 8.66. The maximum atomic E-state index is 13.7. The predicted octanol–water partition coefficient (Wildman–Crippen LogP) is -1.71. The van der Waals surface area contributed by atoms with E-state index in [1.165, 1.54) is 48.7 Å². The smallest absolute Gasteiger partial charge is 0.411 e. The Morgan fingerprint density at radius 1 is 0.727 bits per heavy atom. The molecular formula is C36H59BN6O12. The molecule has 1 saturated heterocycles. The summed E-state index contributed by atoms with van der Waals surface area (Å²) >= 11 is 0. The van der Waals surface area contributed by atoms with E-state index < -0.39 is 101 Å². The van der Waals surface area contributed by atoms with Crippen molar-refractivity contribution in [2.45, 2.75) is 136 Å². The second kappa shape index (κ2) is 17.9. The zero-order valence-corrected chi connectivity index (χ0v) is 34.2. The minimum absolute atomic E-state index is 0.154. The minimum atomic E-state index is -2.90. The van der Waals surface area contributed by atoms with E-state index in [9.17, 15) is 33.6 Å². The molecule has 1 aliphatic rings. The Balaban J connectivity index is 2.23. The summed E-state index contributed by atoms with van der Waals surface area (Å²) in [6.07, 6.45) is -3.99. The van der Waals surface area contributed by atoms with Crippen LogP contribution in [0.2, 0.25) is 0 Å². The van der Waals surface area contributed by atoms with Gasteiger partial charge in [0.25, 0.3) is 5.91 Å². The number of ether oxygens (including phenoxy) is 2. The van der Waals surface area contributed by atoms with Crippen molar-refractivity contribution in [3.8, 4) is 0 Å². The molecule has 1 aromatic carbocycles. The van der Waals surface area contributed by atoms with E-state index in [0.29, 0.717) is 11.0 Å². The Labute approximate surface area is 322 Å². The van der Waals surface area contributed by atoms with Crippen molar-refractivity contribution in [3.63, 3.8) is 0 Å². The van der Waals surface area contributed by atoms with Crippen molar-refractivity contribution in [2.24, 2.45) is 5.73 Å². The Morgan fingerprint density at radius 3 is 1.56 bits per heavy atom. The largest absolute Gasteiger partial charge is 0.543 e. The lowest BCUT2D eigenvalue weighted by Crippen LogP contribution is -2.97. The van der Waals surface area contributed by atoms with Crippen LogP contribution in [0, 0.1) is 0 Å². The SMILES string of the molecule is CO[B-]1(c2ccccc2C[NH2+]C(C)(C)C(=O)NC(C)(C)C(=O)NC(C)(C)C(=O)NC(C)(C)C(=O)NCC(N)=O)O[C@H](C(=O)OC(C)C)[C@@H](C(=O)OC(C)C)O1. The molecule has 0 aromatic heterocycles. The van der Waals surface area contributed by atoms with E-state index in [0.717, 1.165) is 0 Å². The first kappa shape index (κ1) is 46.6. The summed E-state index contributed by atoms with van der Waals surface area (Å²) in [6.45, 7) is 15.4. The third-order valence-electron chi connectivity index (χ3n) is 8.66. The van der Waals surface area contributed by atoms with Crippen molar-refractivity contribution >= 4 is 53.7 Å². The van der Waals surface area contributed by atoms with E-state index in [1.807, 2.05) is 0 Å². The fraction of sp³-hybridized carbons (Fsp3) is 0.639. The van der Waals surface area contributed by atoms with Crippen LogP contribution < -0.4 is 37.8 Å². The maximum absolute atomic E-state index is 13.7. The van der Waals surface area contributed by atoms with Gasteiger partial charge < -0.3 is 55.8 Å². The number of nitrogens with one attached hydrogen (secondary N) is 4. The maximum Gasteiger partial charge on any atom is 0.411 e. The highest BCUT2D eigenvalue weighted by molar-refractivity contribution is 6.76.